The average Bonchev–Trinajstić information content (AvgIpc) is 3.49. The number of thiophene rings is 1. The van der Waals surface area contributed by atoms with Crippen molar-refractivity contribution in [1.82, 2.24) is 9.21 Å². The molecule has 3 aliphatic heterocycles. The third-order valence-corrected chi connectivity index (χ3v) is 10.7. The normalized spacial score (nSPS) is 27.8. The lowest BCUT2D eigenvalue weighted by Gasteiger charge is -2.45. The maximum absolute atomic E-state index is 13.3. The van der Waals surface area contributed by atoms with Crippen LogP contribution in [-0.2, 0) is 20.4 Å². The molecular formula is C24H30F3N3O4S2. The number of sulfonamides is 1. The number of benzene rings is 1. The van der Waals surface area contributed by atoms with Crippen molar-refractivity contribution in [3.63, 3.8) is 0 Å². The van der Waals surface area contributed by atoms with Crippen molar-refractivity contribution in [1.29, 1.82) is 0 Å². The van der Waals surface area contributed by atoms with Gasteiger partial charge in [0.15, 0.2) is 5.60 Å². The summed E-state index contributed by atoms with van der Waals surface area (Å²) >= 11 is 1.19. The van der Waals surface area contributed by atoms with E-state index in [4.69, 9.17) is 4.74 Å². The molecule has 1 aromatic heterocycles. The van der Waals surface area contributed by atoms with Crippen molar-refractivity contribution in [3.8, 4) is 0 Å². The second-order valence-electron chi connectivity index (χ2n) is 9.94. The number of rotatable bonds is 6. The first-order valence-corrected chi connectivity index (χ1v) is 14.3. The molecule has 2 bridgehead atoms. The fourth-order valence-electron chi connectivity index (χ4n) is 5.37. The van der Waals surface area contributed by atoms with Crippen molar-refractivity contribution < 1.29 is 31.4 Å². The number of aliphatic hydroxyl groups is 1. The second-order valence-corrected chi connectivity index (χ2v) is 13.0. The van der Waals surface area contributed by atoms with Crippen LogP contribution in [0.2, 0.25) is 0 Å². The summed E-state index contributed by atoms with van der Waals surface area (Å²) in [5.74, 6) is 0. The van der Waals surface area contributed by atoms with E-state index in [2.05, 4.69) is 9.80 Å². The minimum absolute atomic E-state index is 0.190. The Morgan fingerprint density at radius 1 is 1.06 bits per heavy atom. The number of piperazine rings is 1. The first kappa shape index (κ1) is 25.9. The Morgan fingerprint density at radius 3 is 2.31 bits per heavy atom. The number of nitrogens with zero attached hydrogens (tertiary/aromatic N) is 3. The molecule has 3 saturated heterocycles. The van der Waals surface area contributed by atoms with E-state index in [1.165, 1.54) is 27.8 Å². The number of hydrogen-bond donors (Lipinski definition) is 1. The fourth-order valence-corrected chi connectivity index (χ4v) is 7.98. The number of ether oxygens (including phenoxy) is 1. The summed E-state index contributed by atoms with van der Waals surface area (Å²) in [4.78, 5) is 4.39. The van der Waals surface area contributed by atoms with Gasteiger partial charge in [-0.15, -0.1) is 11.3 Å². The predicted octanol–water partition coefficient (Wildman–Crippen LogP) is 3.26. The lowest BCUT2D eigenvalue weighted by Crippen LogP contribution is -2.59. The van der Waals surface area contributed by atoms with E-state index in [-0.39, 0.29) is 36.9 Å². The molecule has 7 nitrogen and oxygen atoms in total. The Balaban J connectivity index is 1.39. The van der Waals surface area contributed by atoms with E-state index in [1.807, 2.05) is 0 Å². The topological polar surface area (TPSA) is 73.3 Å². The minimum Gasteiger partial charge on any atom is -0.376 e. The van der Waals surface area contributed by atoms with Crippen LogP contribution >= 0.6 is 11.3 Å². The van der Waals surface area contributed by atoms with E-state index in [1.54, 1.807) is 29.6 Å². The highest BCUT2D eigenvalue weighted by molar-refractivity contribution is 7.91. The van der Waals surface area contributed by atoms with Gasteiger partial charge in [0.05, 0.1) is 18.2 Å². The number of anilines is 1. The van der Waals surface area contributed by atoms with Crippen LogP contribution < -0.4 is 4.90 Å². The van der Waals surface area contributed by atoms with Crippen LogP contribution in [0.1, 0.15) is 25.3 Å². The van der Waals surface area contributed by atoms with Crippen LogP contribution in [0, 0.1) is 0 Å². The molecule has 3 aliphatic rings. The highest BCUT2D eigenvalue weighted by atomic mass is 32.2. The Hall–Kier alpha value is -1.70. The van der Waals surface area contributed by atoms with Crippen LogP contribution in [-0.4, -0.2) is 86.4 Å². The van der Waals surface area contributed by atoms with Gasteiger partial charge >= 0.3 is 6.18 Å². The summed E-state index contributed by atoms with van der Waals surface area (Å²) in [7, 11) is -3.63. The van der Waals surface area contributed by atoms with Gasteiger partial charge in [0.2, 0.25) is 0 Å². The molecule has 0 saturated carbocycles. The second kappa shape index (κ2) is 9.55. The molecule has 5 rings (SSSR count). The SMILES string of the molecule is CC(O)(c1ccc(N2CCN(S(=O)(=O)c3cccs3)CC2CN2CC3CCC(C2)O3)cc1)C(F)(F)F. The van der Waals surface area contributed by atoms with Gasteiger partial charge in [0, 0.05) is 45.0 Å². The molecule has 1 N–H and O–H groups in total. The standard InChI is InChI=1S/C24H30F3N3O4S2/c1-23(31,24(25,26)27)17-4-6-18(7-5-17)30-11-10-29(36(32,33)22-3-2-12-35-22)14-19(30)13-28-15-20-8-9-21(16-28)34-20/h2-7,12,19-21,31H,8-11,13-16H2,1H3. The molecule has 36 heavy (non-hydrogen) atoms. The van der Waals surface area contributed by atoms with Gasteiger partial charge in [-0.05, 0) is 48.9 Å². The van der Waals surface area contributed by atoms with Crippen LogP contribution in [0.25, 0.3) is 0 Å². The van der Waals surface area contributed by atoms with Gasteiger partial charge in [0.25, 0.3) is 10.0 Å². The van der Waals surface area contributed by atoms with Crippen molar-refractivity contribution in [2.75, 3.05) is 44.2 Å². The van der Waals surface area contributed by atoms with Gasteiger partial charge in [-0.1, -0.05) is 18.2 Å². The molecule has 1 aromatic carbocycles. The number of fused-ring (bicyclic) bond motifs is 2. The number of hydrogen-bond acceptors (Lipinski definition) is 7. The summed E-state index contributed by atoms with van der Waals surface area (Å²) in [6.45, 7) is 3.88. The molecule has 4 atom stereocenters. The fraction of sp³-hybridized carbons (Fsp3) is 0.583. The zero-order valence-electron chi connectivity index (χ0n) is 19.9. The minimum atomic E-state index is -4.80. The van der Waals surface area contributed by atoms with Gasteiger partial charge in [-0.3, -0.25) is 4.90 Å². The monoisotopic (exact) mass is 545 g/mol. The number of morpholine rings is 1. The molecule has 4 heterocycles. The third kappa shape index (κ3) is 4.91. The van der Waals surface area contributed by atoms with E-state index in [9.17, 15) is 26.7 Å². The number of halogens is 3. The summed E-state index contributed by atoms with van der Waals surface area (Å²) in [6, 6.07) is 8.87. The molecule has 0 amide bonds. The van der Waals surface area contributed by atoms with E-state index in [0.29, 0.717) is 23.0 Å². The Labute approximate surface area is 213 Å². The largest absolute Gasteiger partial charge is 0.421 e. The Bertz CT molecular complexity index is 1140. The predicted molar refractivity (Wildman–Crippen MR) is 131 cm³/mol. The summed E-state index contributed by atoms with van der Waals surface area (Å²) in [5, 5.41) is 11.8. The highest BCUT2D eigenvalue weighted by Gasteiger charge is 2.51. The molecule has 4 unspecified atom stereocenters. The zero-order valence-corrected chi connectivity index (χ0v) is 21.5. The number of alkyl halides is 3. The summed E-state index contributed by atoms with van der Waals surface area (Å²) in [6.07, 6.45) is -2.37. The van der Waals surface area contributed by atoms with Gasteiger partial charge in [-0.25, -0.2) is 8.42 Å². The molecule has 198 valence electrons. The zero-order chi connectivity index (χ0) is 25.7. The first-order chi connectivity index (χ1) is 16.9. The van der Waals surface area contributed by atoms with Gasteiger partial charge < -0.3 is 14.7 Å². The highest BCUT2D eigenvalue weighted by Crippen LogP contribution is 2.39. The molecule has 3 fully saturated rings. The quantitative estimate of drug-likeness (QED) is 0.601. The maximum Gasteiger partial charge on any atom is 0.421 e. The maximum atomic E-state index is 13.3. The molecule has 0 radical (unpaired) electrons. The first-order valence-electron chi connectivity index (χ1n) is 12.0. The molecule has 0 spiro atoms. The molecule has 0 aliphatic carbocycles. The van der Waals surface area contributed by atoms with Crippen molar-refractivity contribution in [2.45, 2.75) is 54.0 Å². The van der Waals surface area contributed by atoms with E-state index in [0.717, 1.165) is 32.9 Å². The van der Waals surface area contributed by atoms with Crippen molar-refractivity contribution >= 4 is 27.0 Å². The van der Waals surface area contributed by atoms with Gasteiger partial charge in [-0.2, -0.15) is 17.5 Å². The van der Waals surface area contributed by atoms with Crippen LogP contribution in [0.3, 0.4) is 0 Å². The van der Waals surface area contributed by atoms with Crippen LogP contribution in [0.4, 0.5) is 18.9 Å². The summed E-state index contributed by atoms with van der Waals surface area (Å²) in [5.41, 5.74) is -2.49. The van der Waals surface area contributed by atoms with Crippen LogP contribution in [0.15, 0.2) is 46.0 Å². The molecule has 2 aromatic rings. The lowest BCUT2D eigenvalue weighted by atomic mass is 9.95. The average molecular weight is 546 g/mol. The van der Waals surface area contributed by atoms with Gasteiger partial charge in [0.1, 0.15) is 4.21 Å². The Kier molecular flexibility index (Phi) is 6.88. The molecular weight excluding hydrogens is 515 g/mol. The van der Waals surface area contributed by atoms with Crippen molar-refractivity contribution in [2.24, 2.45) is 0 Å². The summed E-state index contributed by atoms with van der Waals surface area (Å²) < 4.78 is 74.1. The van der Waals surface area contributed by atoms with Crippen LogP contribution in [0.5, 0.6) is 0 Å². The Morgan fingerprint density at radius 2 is 1.72 bits per heavy atom. The third-order valence-electron chi connectivity index (χ3n) is 7.44. The number of likely N-dealkylation sites (tertiary alicyclic amines) is 1. The smallest absolute Gasteiger partial charge is 0.376 e. The van der Waals surface area contributed by atoms with E-state index < -0.39 is 21.8 Å². The van der Waals surface area contributed by atoms with E-state index >= 15 is 0 Å². The van der Waals surface area contributed by atoms with Crippen molar-refractivity contribution in [3.05, 3.63) is 47.3 Å². The molecule has 12 heteroatoms. The lowest BCUT2D eigenvalue weighted by molar-refractivity contribution is -0.258.